The lowest BCUT2D eigenvalue weighted by molar-refractivity contribution is -0.119. The number of amides is 2. The van der Waals surface area contributed by atoms with Gasteiger partial charge in [-0.15, -0.1) is 0 Å². The zero-order chi connectivity index (χ0) is 20.4. The van der Waals surface area contributed by atoms with Crippen molar-refractivity contribution in [3.05, 3.63) is 89.2 Å². The molecule has 2 heterocycles. The maximum absolute atomic E-state index is 12.7. The highest BCUT2D eigenvalue weighted by atomic mass is 16.5. The monoisotopic (exact) mass is 388 g/mol. The molecule has 2 unspecified atom stereocenters. The van der Waals surface area contributed by atoms with Crippen LogP contribution >= 0.6 is 0 Å². The van der Waals surface area contributed by atoms with Gasteiger partial charge in [-0.05, 0) is 50.0 Å². The number of nitrogens with zero attached hydrogens (tertiary/aromatic N) is 1. The van der Waals surface area contributed by atoms with E-state index in [-0.39, 0.29) is 17.9 Å². The molecule has 2 aromatic carbocycles. The largest absolute Gasteiger partial charge is 0.473 e. The average Bonchev–Trinajstić information content (AvgIpc) is 2.97. The van der Waals surface area contributed by atoms with Gasteiger partial charge >= 0.3 is 0 Å². The van der Waals surface area contributed by atoms with Crippen molar-refractivity contribution in [1.29, 1.82) is 0 Å². The molecule has 2 atom stereocenters. The Morgan fingerprint density at radius 3 is 2.31 bits per heavy atom. The Balaban J connectivity index is 1.50. The number of hydrogen-bond donors (Lipinski definition) is 1. The summed E-state index contributed by atoms with van der Waals surface area (Å²) in [4.78, 5) is 27.0. The standard InChI is InChI=1S/C24H24N2O3/c1-16-17(2)24(26(23(16)28)20-11-7-4-8-12-20)29-15-19-13-14-21(25-22(19)27)18-9-5-3-6-10-18/h3-12,15,21,24H,13-14H2,1-2H3,(H,25,27). The molecule has 0 aliphatic carbocycles. The van der Waals surface area contributed by atoms with Crippen LogP contribution in [0.3, 0.4) is 0 Å². The third kappa shape index (κ3) is 3.68. The van der Waals surface area contributed by atoms with Crippen molar-refractivity contribution >= 4 is 17.5 Å². The van der Waals surface area contributed by atoms with Gasteiger partial charge in [0.1, 0.15) is 0 Å². The number of carbonyl (C=O) groups is 2. The molecule has 1 fully saturated rings. The van der Waals surface area contributed by atoms with E-state index in [4.69, 9.17) is 4.74 Å². The summed E-state index contributed by atoms with van der Waals surface area (Å²) in [5.41, 5.74) is 4.00. The number of ether oxygens (including phenoxy) is 1. The molecule has 0 spiro atoms. The van der Waals surface area contributed by atoms with E-state index < -0.39 is 6.23 Å². The van der Waals surface area contributed by atoms with Crippen LogP contribution in [0.25, 0.3) is 0 Å². The van der Waals surface area contributed by atoms with E-state index in [2.05, 4.69) is 5.32 Å². The lowest BCUT2D eigenvalue weighted by Crippen LogP contribution is -2.37. The molecule has 5 heteroatoms. The summed E-state index contributed by atoms with van der Waals surface area (Å²) in [5.74, 6) is -0.201. The highest BCUT2D eigenvalue weighted by Crippen LogP contribution is 2.32. The first-order chi connectivity index (χ1) is 14.1. The third-order valence-corrected chi connectivity index (χ3v) is 5.61. The molecule has 2 aromatic rings. The fraction of sp³-hybridized carbons (Fsp3) is 0.250. The number of piperidine rings is 1. The molecule has 1 saturated heterocycles. The van der Waals surface area contributed by atoms with E-state index in [1.165, 1.54) is 6.26 Å². The molecule has 29 heavy (non-hydrogen) atoms. The molecular weight excluding hydrogens is 364 g/mol. The number of anilines is 1. The molecule has 0 radical (unpaired) electrons. The minimum Gasteiger partial charge on any atom is -0.473 e. The van der Waals surface area contributed by atoms with E-state index in [9.17, 15) is 9.59 Å². The normalized spacial score (nSPS) is 23.5. The van der Waals surface area contributed by atoms with Crippen LogP contribution in [-0.2, 0) is 14.3 Å². The quantitative estimate of drug-likeness (QED) is 0.629. The molecule has 2 aliphatic rings. The molecule has 2 aliphatic heterocycles. The molecule has 2 amide bonds. The summed E-state index contributed by atoms with van der Waals surface area (Å²) in [6, 6.07) is 19.4. The highest BCUT2D eigenvalue weighted by molar-refractivity contribution is 6.09. The fourth-order valence-electron chi connectivity index (χ4n) is 3.77. The van der Waals surface area contributed by atoms with Gasteiger partial charge in [-0.25, -0.2) is 0 Å². The van der Waals surface area contributed by atoms with Gasteiger partial charge < -0.3 is 10.1 Å². The number of carbonyl (C=O) groups excluding carboxylic acids is 2. The zero-order valence-corrected chi connectivity index (χ0v) is 16.6. The Bertz CT molecular complexity index is 980. The van der Waals surface area contributed by atoms with Crippen molar-refractivity contribution in [2.45, 2.75) is 39.0 Å². The SMILES string of the molecule is CC1=C(C)C(OC=C2CCC(c3ccccc3)NC2=O)N(c2ccccc2)C1=O. The second-order valence-electron chi connectivity index (χ2n) is 7.43. The predicted molar refractivity (Wildman–Crippen MR) is 112 cm³/mol. The van der Waals surface area contributed by atoms with Gasteiger partial charge in [0.2, 0.25) is 6.23 Å². The minimum absolute atomic E-state index is 0.0126. The number of hydrogen-bond acceptors (Lipinski definition) is 3. The second-order valence-corrected chi connectivity index (χ2v) is 7.43. The highest BCUT2D eigenvalue weighted by Gasteiger charge is 2.37. The molecule has 5 nitrogen and oxygen atoms in total. The summed E-state index contributed by atoms with van der Waals surface area (Å²) >= 11 is 0. The van der Waals surface area contributed by atoms with Crippen molar-refractivity contribution in [2.75, 3.05) is 4.90 Å². The van der Waals surface area contributed by atoms with E-state index in [1.807, 2.05) is 74.5 Å². The summed E-state index contributed by atoms with van der Waals surface area (Å²) in [6.45, 7) is 3.70. The first-order valence-electron chi connectivity index (χ1n) is 9.82. The van der Waals surface area contributed by atoms with Crippen molar-refractivity contribution in [1.82, 2.24) is 5.32 Å². The van der Waals surface area contributed by atoms with Crippen molar-refractivity contribution in [3.63, 3.8) is 0 Å². The van der Waals surface area contributed by atoms with Crippen molar-refractivity contribution < 1.29 is 14.3 Å². The van der Waals surface area contributed by atoms with Crippen LogP contribution in [0.15, 0.2) is 83.6 Å². The zero-order valence-electron chi connectivity index (χ0n) is 16.6. The Hall–Kier alpha value is -3.34. The topological polar surface area (TPSA) is 58.6 Å². The Kier molecular flexibility index (Phi) is 5.21. The number of benzene rings is 2. The van der Waals surface area contributed by atoms with Crippen molar-refractivity contribution in [2.24, 2.45) is 0 Å². The van der Waals surface area contributed by atoms with Crippen LogP contribution in [0.2, 0.25) is 0 Å². The summed E-state index contributed by atoms with van der Waals surface area (Å²) < 4.78 is 6.00. The van der Waals surface area contributed by atoms with Gasteiger partial charge in [-0.2, -0.15) is 0 Å². The van der Waals surface area contributed by atoms with E-state index in [0.717, 1.165) is 23.2 Å². The Morgan fingerprint density at radius 2 is 1.66 bits per heavy atom. The summed E-state index contributed by atoms with van der Waals surface area (Å²) in [6.07, 6.45) is 2.41. The molecule has 148 valence electrons. The van der Waals surface area contributed by atoms with Crippen LogP contribution in [0.1, 0.15) is 38.3 Å². The van der Waals surface area contributed by atoms with Crippen LogP contribution in [0.5, 0.6) is 0 Å². The van der Waals surface area contributed by atoms with Gasteiger partial charge in [-0.1, -0.05) is 48.5 Å². The molecule has 4 rings (SSSR count). The summed E-state index contributed by atoms with van der Waals surface area (Å²) in [5, 5.41) is 3.05. The maximum Gasteiger partial charge on any atom is 0.257 e. The third-order valence-electron chi connectivity index (χ3n) is 5.61. The molecule has 0 aromatic heterocycles. The van der Waals surface area contributed by atoms with Gasteiger partial charge in [0.25, 0.3) is 11.8 Å². The van der Waals surface area contributed by atoms with Crippen molar-refractivity contribution in [3.8, 4) is 0 Å². The van der Waals surface area contributed by atoms with E-state index >= 15 is 0 Å². The number of para-hydroxylation sites is 1. The van der Waals surface area contributed by atoms with Gasteiger partial charge in [0.15, 0.2) is 0 Å². The molecular formula is C24H24N2O3. The van der Waals surface area contributed by atoms with Gasteiger partial charge in [0.05, 0.1) is 17.9 Å². The molecule has 1 N–H and O–H groups in total. The van der Waals surface area contributed by atoms with Crippen LogP contribution in [0, 0.1) is 0 Å². The van der Waals surface area contributed by atoms with E-state index in [1.54, 1.807) is 4.90 Å². The molecule has 0 saturated carbocycles. The Morgan fingerprint density at radius 1 is 1.00 bits per heavy atom. The summed E-state index contributed by atoms with van der Waals surface area (Å²) in [7, 11) is 0. The number of rotatable bonds is 4. The van der Waals surface area contributed by atoms with Gasteiger partial charge in [-0.3, -0.25) is 14.5 Å². The second kappa shape index (κ2) is 7.95. The molecule has 0 bridgehead atoms. The van der Waals surface area contributed by atoms with E-state index in [0.29, 0.717) is 17.6 Å². The van der Waals surface area contributed by atoms with Gasteiger partial charge in [0, 0.05) is 11.3 Å². The number of nitrogens with one attached hydrogen (secondary N) is 1. The average molecular weight is 388 g/mol. The lowest BCUT2D eigenvalue weighted by Gasteiger charge is -2.28. The lowest BCUT2D eigenvalue weighted by atomic mass is 9.95. The Labute approximate surface area is 170 Å². The van der Waals surface area contributed by atoms with Crippen LogP contribution < -0.4 is 10.2 Å². The smallest absolute Gasteiger partial charge is 0.257 e. The predicted octanol–water partition coefficient (Wildman–Crippen LogP) is 4.25. The minimum atomic E-state index is -0.544. The fourth-order valence-corrected chi connectivity index (χ4v) is 3.77. The first-order valence-corrected chi connectivity index (χ1v) is 9.82. The van der Waals surface area contributed by atoms with Crippen LogP contribution in [0.4, 0.5) is 5.69 Å². The van der Waals surface area contributed by atoms with Crippen LogP contribution in [-0.4, -0.2) is 18.0 Å². The first kappa shape index (κ1) is 19.0. The maximum atomic E-state index is 12.7.